The molecule has 0 aromatic rings. The lowest BCUT2D eigenvalue weighted by Gasteiger charge is -2.23. The van der Waals surface area contributed by atoms with Crippen molar-refractivity contribution >= 4 is 11.8 Å². The van der Waals surface area contributed by atoms with E-state index in [0.29, 0.717) is 11.2 Å². The molecule has 2 rings (SSSR count). The highest BCUT2D eigenvalue weighted by atomic mass is 32.2. The van der Waals surface area contributed by atoms with Crippen LogP contribution in [-0.4, -0.2) is 5.25 Å². The third kappa shape index (κ3) is 1.08. The standard InChI is InChI=1S/C10H12S/c1-7-3-4-8(2)10-9(7)5-6-11-10/h3-6,9-10H,1-2H3. The summed E-state index contributed by atoms with van der Waals surface area (Å²) in [5.41, 5.74) is 3.01. The van der Waals surface area contributed by atoms with Crippen LogP contribution in [-0.2, 0) is 0 Å². The van der Waals surface area contributed by atoms with Crippen molar-refractivity contribution in [3.63, 3.8) is 0 Å². The average molecular weight is 164 g/mol. The zero-order chi connectivity index (χ0) is 7.84. The lowest BCUT2D eigenvalue weighted by molar-refractivity contribution is 0.762. The quantitative estimate of drug-likeness (QED) is 0.530. The Labute approximate surface area is 72.1 Å². The molecule has 0 fully saturated rings. The fourth-order valence-electron chi connectivity index (χ4n) is 1.65. The average Bonchev–Trinajstić information content (AvgIpc) is 2.45. The molecule has 1 aliphatic carbocycles. The minimum atomic E-state index is 0.685. The molecular formula is C10H12S. The Morgan fingerprint density at radius 3 is 2.64 bits per heavy atom. The molecule has 58 valence electrons. The molecule has 0 spiro atoms. The van der Waals surface area contributed by atoms with E-state index in [1.54, 1.807) is 0 Å². The second-order valence-electron chi connectivity index (χ2n) is 3.23. The molecule has 1 aliphatic heterocycles. The van der Waals surface area contributed by atoms with Gasteiger partial charge in [-0.25, -0.2) is 0 Å². The molecule has 1 heterocycles. The summed E-state index contributed by atoms with van der Waals surface area (Å²) in [4.78, 5) is 0. The van der Waals surface area contributed by atoms with Crippen LogP contribution in [0, 0.1) is 5.92 Å². The molecule has 2 unspecified atom stereocenters. The molecule has 1 heteroatoms. The van der Waals surface area contributed by atoms with E-state index in [4.69, 9.17) is 0 Å². The van der Waals surface area contributed by atoms with Crippen molar-refractivity contribution < 1.29 is 0 Å². The number of hydrogen-bond acceptors (Lipinski definition) is 1. The van der Waals surface area contributed by atoms with Crippen molar-refractivity contribution in [2.75, 3.05) is 0 Å². The van der Waals surface area contributed by atoms with E-state index in [-0.39, 0.29) is 0 Å². The van der Waals surface area contributed by atoms with E-state index in [9.17, 15) is 0 Å². The minimum absolute atomic E-state index is 0.685. The van der Waals surface area contributed by atoms with E-state index < -0.39 is 0 Å². The van der Waals surface area contributed by atoms with E-state index in [1.807, 2.05) is 11.8 Å². The Morgan fingerprint density at radius 1 is 1.18 bits per heavy atom. The Balaban J connectivity index is 2.35. The van der Waals surface area contributed by atoms with Crippen molar-refractivity contribution in [3.8, 4) is 0 Å². The molecule has 0 aromatic carbocycles. The van der Waals surface area contributed by atoms with Gasteiger partial charge in [-0.05, 0) is 19.3 Å². The maximum atomic E-state index is 2.32. The van der Waals surface area contributed by atoms with Crippen LogP contribution in [0.3, 0.4) is 0 Å². The van der Waals surface area contributed by atoms with Crippen molar-refractivity contribution in [1.29, 1.82) is 0 Å². The fraction of sp³-hybridized carbons (Fsp3) is 0.400. The largest absolute Gasteiger partial charge is 0.126 e. The summed E-state index contributed by atoms with van der Waals surface area (Å²) in [6, 6.07) is 0. The van der Waals surface area contributed by atoms with Gasteiger partial charge < -0.3 is 0 Å². The molecule has 0 bridgehead atoms. The predicted octanol–water partition coefficient (Wildman–Crippen LogP) is 3.14. The number of allylic oxidation sites excluding steroid dienone is 4. The summed E-state index contributed by atoms with van der Waals surface area (Å²) in [7, 11) is 0. The Morgan fingerprint density at radius 2 is 1.91 bits per heavy atom. The second kappa shape index (κ2) is 2.56. The topological polar surface area (TPSA) is 0 Å². The molecule has 2 aliphatic rings. The summed E-state index contributed by atoms with van der Waals surface area (Å²) in [5.74, 6) is 0.685. The molecule has 0 saturated heterocycles. The molecule has 0 aromatic heterocycles. The normalized spacial score (nSPS) is 34.7. The van der Waals surface area contributed by atoms with E-state index in [1.165, 1.54) is 11.1 Å². The van der Waals surface area contributed by atoms with Crippen LogP contribution in [0.4, 0.5) is 0 Å². The predicted molar refractivity (Wildman–Crippen MR) is 51.5 cm³/mol. The Kier molecular flexibility index (Phi) is 1.68. The number of hydrogen-bond donors (Lipinski definition) is 0. The molecule has 11 heavy (non-hydrogen) atoms. The second-order valence-corrected chi connectivity index (χ2v) is 4.28. The summed E-state index contributed by atoms with van der Waals surface area (Å²) in [6.07, 6.45) is 6.81. The van der Waals surface area contributed by atoms with Crippen LogP contribution in [0.15, 0.2) is 34.8 Å². The maximum Gasteiger partial charge on any atom is 0.0398 e. The van der Waals surface area contributed by atoms with Gasteiger partial charge in [-0.2, -0.15) is 0 Å². The summed E-state index contributed by atoms with van der Waals surface area (Å²) in [6.45, 7) is 4.44. The van der Waals surface area contributed by atoms with Gasteiger partial charge in [-0.3, -0.25) is 0 Å². The third-order valence-corrected chi connectivity index (χ3v) is 3.69. The zero-order valence-electron chi connectivity index (χ0n) is 6.87. The summed E-state index contributed by atoms with van der Waals surface area (Å²) >= 11 is 1.95. The van der Waals surface area contributed by atoms with Gasteiger partial charge in [0.1, 0.15) is 0 Å². The van der Waals surface area contributed by atoms with E-state index in [0.717, 1.165) is 0 Å². The Hall–Kier alpha value is -0.430. The Bertz CT molecular complexity index is 258. The molecular weight excluding hydrogens is 152 g/mol. The number of fused-ring (bicyclic) bond motifs is 1. The van der Waals surface area contributed by atoms with E-state index in [2.05, 4.69) is 37.5 Å². The zero-order valence-corrected chi connectivity index (χ0v) is 7.69. The molecule has 0 radical (unpaired) electrons. The van der Waals surface area contributed by atoms with Crippen LogP contribution in [0.2, 0.25) is 0 Å². The molecule has 0 N–H and O–H groups in total. The van der Waals surface area contributed by atoms with Gasteiger partial charge in [0.05, 0.1) is 0 Å². The van der Waals surface area contributed by atoms with Crippen LogP contribution < -0.4 is 0 Å². The highest BCUT2D eigenvalue weighted by Crippen LogP contribution is 2.40. The first-order chi connectivity index (χ1) is 5.29. The summed E-state index contributed by atoms with van der Waals surface area (Å²) in [5, 5.41) is 2.94. The van der Waals surface area contributed by atoms with Crippen LogP contribution >= 0.6 is 11.8 Å². The first-order valence-electron chi connectivity index (χ1n) is 3.96. The lowest BCUT2D eigenvalue weighted by atomic mass is 9.88. The summed E-state index contributed by atoms with van der Waals surface area (Å²) < 4.78 is 0. The van der Waals surface area contributed by atoms with Crippen molar-refractivity contribution in [2.45, 2.75) is 19.1 Å². The minimum Gasteiger partial charge on any atom is -0.126 e. The highest BCUT2D eigenvalue weighted by Gasteiger charge is 2.27. The monoisotopic (exact) mass is 164 g/mol. The van der Waals surface area contributed by atoms with Gasteiger partial charge in [0.2, 0.25) is 0 Å². The number of thioether (sulfide) groups is 1. The van der Waals surface area contributed by atoms with Gasteiger partial charge in [-0.1, -0.05) is 29.4 Å². The van der Waals surface area contributed by atoms with Crippen molar-refractivity contribution in [2.24, 2.45) is 5.92 Å². The first kappa shape index (κ1) is 7.23. The van der Waals surface area contributed by atoms with Gasteiger partial charge in [-0.15, -0.1) is 11.8 Å². The fourth-order valence-corrected chi connectivity index (χ4v) is 2.85. The molecule has 2 atom stereocenters. The first-order valence-corrected chi connectivity index (χ1v) is 4.90. The van der Waals surface area contributed by atoms with E-state index >= 15 is 0 Å². The van der Waals surface area contributed by atoms with Gasteiger partial charge >= 0.3 is 0 Å². The third-order valence-electron chi connectivity index (χ3n) is 2.42. The van der Waals surface area contributed by atoms with Crippen LogP contribution in [0.1, 0.15) is 13.8 Å². The SMILES string of the molecule is CC1=CC=C(C)C2SC=CC12. The molecule has 0 saturated carbocycles. The number of rotatable bonds is 0. The highest BCUT2D eigenvalue weighted by molar-refractivity contribution is 8.03. The van der Waals surface area contributed by atoms with Crippen LogP contribution in [0.25, 0.3) is 0 Å². The molecule has 0 amide bonds. The lowest BCUT2D eigenvalue weighted by Crippen LogP contribution is -2.16. The molecule has 0 nitrogen and oxygen atoms in total. The maximum absolute atomic E-state index is 2.32. The van der Waals surface area contributed by atoms with Crippen LogP contribution in [0.5, 0.6) is 0 Å². The van der Waals surface area contributed by atoms with Gasteiger partial charge in [0.25, 0.3) is 0 Å². The van der Waals surface area contributed by atoms with Gasteiger partial charge in [0, 0.05) is 11.2 Å². The van der Waals surface area contributed by atoms with Crippen molar-refractivity contribution in [1.82, 2.24) is 0 Å². The van der Waals surface area contributed by atoms with Crippen molar-refractivity contribution in [3.05, 3.63) is 34.8 Å². The smallest absolute Gasteiger partial charge is 0.0398 e. The van der Waals surface area contributed by atoms with Gasteiger partial charge in [0.15, 0.2) is 0 Å².